The number of aromatic hydroxyl groups is 2. The molecule has 0 aliphatic rings. The lowest BCUT2D eigenvalue weighted by atomic mass is 10.0. The predicted molar refractivity (Wildman–Crippen MR) is 106 cm³/mol. The first-order valence-electron chi connectivity index (χ1n) is 9.04. The summed E-state index contributed by atoms with van der Waals surface area (Å²) in [5.74, 6) is -0.927. The molecule has 0 saturated heterocycles. The van der Waals surface area contributed by atoms with E-state index in [1.807, 2.05) is 30.5 Å². The van der Waals surface area contributed by atoms with E-state index in [4.69, 9.17) is 0 Å². The van der Waals surface area contributed by atoms with E-state index in [1.165, 1.54) is 19.1 Å². The second kappa shape index (κ2) is 8.47. The first-order chi connectivity index (χ1) is 13.4. The quantitative estimate of drug-likeness (QED) is 0.403. The van der Waals surface area contributed by atoms with Gasteiger partial charge in [-0.2, -0.15) is 0 Å². The van der Waals surface area contributed by atoms with Crippen molar-refractivity contribution in [3.63, 3.8) is 0 Å². The Kier molecular flexibility index (Phi) is 5.84. The Labute approximate surface area is 162 Å². The van der Waals surface area contributed by atoms with Gasteiger partial charge in [0.1, 0.15) is 6.04 Å². The van der Waals surface area contributed by atoms with Crippen molar-refractivity contribution in [2.24, 2.45) is 0 Å². The molecule has 1 heterocycles. The molecule has 0 radical (unpaired) electrons. The standard InChI is InChI=1S/C21H23N3O4/c1-13(25)24-18(11-15-12-23-17-5-3-2-4-16(15)17)21(28)22-9-8-14-6-7-19(26)20(27)10-14/h2-7,10,12,18,23,26-27H,8-9,11H2,1H3,(H,22,28)(H,24,25). The van der Waals surface area contributed by atoms with E-state index in [9.17, 15) is 19.8 Å². The summed E-state index contributed by atoms with van der Waals surface area (Å²) in [5.41, 5.74) is 2.71. The zero-order valence-electron chi connectivity index (χ0n) is 15.5. The number of hydrogen-bond donors (Lipinski definition) is 5. The van der Waals surface area contributed by atoms with Crippen LogP contribution < -0.4 is 10.6 Å². The summed E-state index contributed by atoms with van der Waals surface area (Å²) >= 11 is 0. The van der Waals surface area contributed by atoms with E-state index < -0.39 is 6.04 Å². The number of amides is 2. The number of fused-ring (bicyclic) bond motifs is 1. The molecule has 146 valence electrons. The van der Waals surface area contributed by atoms with E-state index in [1.54, 1.807) is 6.07 Å². The molecule has 3 rings (SSSR count). The summed E-state index contributed by atoms with van der Waals surface area (Å²) in [6.07, 6.45) is 2.71. The fourth-order valence-electron chi connectivity index (χ4n) is 3.15. The summed E-state index contributed by atoms with van der Waals surface area (Å²) in [4.78, 5) is 27.4. The summed E-state index contributed by atoms with van der Waals surface area (Å²) in [6, 6.07) is 11.6. The van der Waals surface area contributed by atoms with Crippen molar-refractivity contribution < 1.29 is 19.8 Å². The number of nitrogens with one attached hydrogen (secondary N) is 3. The molecule has 2 amide bonds. The van der Waals surface area contributed by atoms with Gasteiger partial charge in [-0.3, -0.25) is 9.59 Å². The van der Waals surface area contributed by atoms with Gasteiger partial charge in [0.2, 0.25) is 11.8 Å². The Morgan fingerprint density at radius 2 is 1.89 bits per heavy atom. The van der Waals surface area contributed by atoms with E-state index in [2.05, 4.69) is 15.6 Å². The lowest BCUT2D eigenvalue weighted by molar-refractivity contribution is -0.128. The third-order valence-electron chi connectivity index (χ3n) is 4.55. The van der Waals surface area contributed by atoms with Gasteiger partial charge in [0.15, 0.2) is 11.5 Å². The Bertz CT molecular complexity index is 996. The van der Waals surface area contributed by atoms with Gasteiger partial charge >= 0.3 is 0 Å². The maximum atomic E-state index is 12.6. The maximum Gasteiger partial charge on any atom is 0.242 e. The van der Waals surface area contributed by atoms with Gasteiger partial charge in [-0.05, 0) is 35.7 Å². The molecule has 0 fully saturated rings. The molecule has 0 bridgehead atoms. The molecule has 1 atom stereocenters. The average Bonchev–Trinajstić information content (AvgIpc) is 3.07. The Hall–Kier alpha value is -3.48. The maximum absolute atomic E-state index is 12.6. The topological polar surface area (TPSA) is 114 Å². The van der Waals surface area contributed by atoms with E-state index >= 15 is 0 Å². The molecule has 1 unspecified atom stereocenters. The molecule has 0 aliphatic heterocycles. The number of rotatable bonds is 7. The van der Waals surface area contributed by atoms with Crippen molar-refractivity contribution in [3.05, 3.63) is 59.8 Å². The van der Waals surface area contributed by atoms with Gasteiger partial charge in [-0.15, -0.1) is 0 Å². The predicted octanol–water partition coefficient (Wildman–Crippen LogP) is 1.99. The van der Waals surface area contributed by atoms with Crippen molar-refractivity contribution in [3.8, 4) is 11.5 Å². The molecule has 2 aromatic carbocycles. The highest BCUT2D eigenvalue weighted by molar-refractivity contribution is 5.89. The normalized spacial score (nSPS) is 11.9. The Morgan fingerprint density at radius 1 is 1.11 bits per heavy atom. The summed E-state index contributed by atoms with van der Waals surface area (Å²) in [7, 11) is 0. The van der Waals surface area contributed by atoms with Crippen LogP contribution in [0.3, 0.4) is 0 Å². The monoisotopic (exact) mass is 381 g/mol. The Balaban J connectivity index is 1.64. The zero-order chi connectivity index (χ0) is 20.1. The van der Waals surface area contributed by atoms with Gasteiger partial charge in [0.25, 0.3) is 0 Å². The number of benzene rings is 2. The summed E-state index contributed by atoms with van der Waals surface area (Å²) in [6.45, 7) is 1.72. The van der Waals surface area contributed by atoms with Crippen LogP contribution in [0.5, 0.6) is 11.5 Å². The number of H-pyrrole nitrogens is 1. The van der Waals surface area contributed by atoms with E-state index in [-0.39, 0.29) is 23.3 Å². The van der Waals surface area contributed by atoms with Crippen LogP contribution in [0.4, 0.5) is 0 Å². The highest BCUT2D eigenvalue weighted by atomic mass is 16.3. The van der Waals surface area contributed by atoms with Crippen LogP contribution in [-0.2, 0) is 22.4 Å². The molecule has 0 spiro atoms. The molecule has 1 aromatic heterocycles. The molecular weight excluding hydrogens is 358 g/mol. The number of carbonyl (C=O) groups excluding carboxylic acids is 2. The van der Waals surface area contributed by atoms with Crippen molar-refractivity contribution >= 4 is 22.7 Å². The first-order valence-corrected chi connectivity index (χ1v) is 9.04. The molecular formula is C21H23N3O4. The molecule has 28 heavy (non-hydrogen) atoms. The average molecular weight is 381 g/mol. The summed E-state index contributed by atoms with van der Waals surface area (Å²) < 4.78 is 0. The van der Waals surface area contributed by atoms with Crippen LogP contribution in [0, 0.1) is 0 Å². The van der Waals surface area contributed by atoms with Crippen molar-refractivity contribution in [2.75, 3.05) is 6.54 Å². The minimum atomic E-state index is -0.690. The molecule has 7 nitrogen and oxygen atoms in total. The first kappa shape index (κ1) is 19.3. The molecule has 7 heteroatoms. The zero-order valence-corrected chi connectivity index (χ0v) is 15.5. The van der Waals surface area contributed by atoms with E-state index in [0.717, 1.165) is 22.0 Å². The lowest BCUT2D eigenvalue weighted by Crippen LogP contribution is -2.47. The Morgan fingerprint density at radius 3 is 2.64 bits per heavy atom. The van der Waals surface area contributed by atoms with Crippen LogP contribution in [0.2, 0.25) is 0 Å². The second-order valence-electron chi connectivity index (χ2n) is 6.68. The third kappa shape index (κ3) is 4.62. The van der Waals surface area contributed by atoms with Crippen LogP contribution >= 0.6 is 0 Å². The van der Waals surface area contributed by atoms with Crippen LogP contribution in [0.25, 0.3) is 10.9 Å². The van der Waals surface area contributed by atoms with Gasteiger partial charge in [0, 0.05) is 37.0 Å². The number of phenols is 2. The number of para-hydroxylation sites is 1. The van der Waals surface area contributed by atoms with Gasteiger partial charge in [-0.1, -0.05) is 24.3 Å². The summed E-state index contributed by atoms with van der Waals surface area (Å²) in [5, 5.41) is 25.4. The minimum Gasteiger partial charge on any atom is -0.504 e. The van der Waals surface area contributed by atoms with Crippen LogP contribution in [0.15, 0.2) is 48.7 Å². The minimum absolute atomic E-state index is 0.183. The molecule has 5 N–H and O–H groups in total. The number of phenolic OH excluding ortho intramolecular Hbond substituents is 2. The smallest absolute Gasteiger partial charge is 0.242 e. The van der Waals surface area contributed by atoms with Gasteiger partial charge in [-0.25, -0.2) is 0 Å². The highest BCUT2D eigenvalue weighted by Gasteiger charge is 2.21. The highest BCUT2D eigenvalue weighted by Crippen LogP contribution is 2.25. The van der Waals surface area contributed by atoms with Gasteiger partial charge in [0.05, 0.1) is 0 Å². The lowest BCUT2D eigenvalue weighted by Gasteiger charge is -2.17. The van der Waals surface area contributed by atoms with Gasteiger partial charge < -0.3 is 25.8 Å². The van der Waals surface area contributed by atoms with Crippen LogP contribution in [-0.4, -0.2) is 39.6 Å². The number of hydrogen-bond acceptors (Lipinski definition) is 4. The fraction of sp³-hybridized carbons (Fsp3) is 0.238. The van der Waals surface area contributed by atoms with Crippen molar-refractivity contribution in [2.45, 2.75) is 25.8 Å². The number of aromatic nitrogens is 1. The molecule has 0 aliphatic carbocycles. The largest absolute Gasteiger partial charge is 0.504 e. The second-order valence-corrected chi connectivity index (χ2v) is 6.68. The van der Waals surface area contributed by atoms with Crippen LogP contribution in [0.1, 0.15) is 18.1 Å². The third-order valence-corrected chi connectivity index (χ3v) is 4.55. The fourth-order valence-corrected chi connectivity index (χ4v) is 3.15. The molecule has 3 aromatic rings. The van der Waals surface area contributed by atoms with Crippen molar-refractivity contribution in [1.29, 1.82) is 0 Å². The SMILES string of the molecule is CC(=O)NC(Cc1c[nH]c2ccccc12)C(=O)NCCc1ccc(O)c(O)c1. The van der Waals surface area contributed by atoms with E-state index in [0.29, 0.717) is 19.4 Å². The number of aromatic amines is 1. The number of carbonyl (C=O) groups is 2. The molecule has 0 saturated carbocycles. The van der Waals surface area contributed by atoms with Crippen molar-refractivity contribution in [1.82, 2.24) is 15.6 Å².